The van der Waals surface area contributed by atoms with Crippen molar-refractivity contribution >= 4 is 0 Å². The Bertz CT molecular complexity index is 1270. The molecule has 3 aromatic carbocycles. The largest absolute Gasteiger partial charge is 0.416 e. The lowest BCUT2D eigenvalue weighted by molar-refractivity contribution is -0.137. The summed E-state index contributed by atoms with van der Waals surface area (Å²) in [5, 5.41) is 12.7. The molecule has 4 aromatic rings. The Balaban J connectivity index is 1.84. The van der Waals surface area contributed by atoms with Gasteiger partial charge in [-0.2, -0.15) is 13.2 Å². The minimum Gasteiger partial charge on any atom is -0.285 e. The van der Waals surface area contributed by atoms with Gasteiger partial charge in [-0.25, -0.2) is 4.68 Å². The Morgan fingerprint density at radius 2 is 1.51 bits per heavy atom. The molecule has 1 aromatic heterocycles. The number of halogens is 3. The van der Waals surface area contributed by atoms with Crippen molar-refractivity contribution in [3.63, 3.8) is 0 Å². The lowest BCUT2D eigenvalue weighted by Crippen LogP contribution is -2.37. The molecule has 0 fully saturated rings. The first kappa shape index (κ1) is 26.5. The molecule has 0 bridgehead atoms. The molecule has 0 aliphatic heterocycles. The van der Waals surface area contributed by atoms with Crippen LogP contribution in [0.25, 0.3) is 0 Å². The second-order valence-electron chi connectivity index (χ2n) is 9.83. The van der Waals surface area contributed by atoms with Gasteiger partial charge in [0.25, 0.3) is 0 Å². The third-order valence-electron chi connectivity index (χ3n) is 6.83. The van der Waals surface area contributed by atoms with Gasteiger partial charge >= 0.3 is 6.18 Å². The Hall–Kier alpha value is -3.52. The van der Waals surface area contributed by atoms with Crippen LogP contribution in [0.3, 0.4) is 0 Å². The van der Waals surface area contributed by atoms with E-state index >= 15 is 0 Å². The highest BCUT2D eigenvalue weighted by Gasteiger charge is 2.35. The summed E-state index contributed by atoms with van der Waals surface area (Å²) < 4.78 is 43.0. The van der Waals surface area contributed by atoms with Crippen molar-refractivity contribution in [1.29, 1.82) is 0 Å². The van der Waals surface area contributed by atoms with Crippen LogP contribution in [0.4, 0.5) is 13.2 Å². The Morgan fingerprint density at radius 1 is 0.865 bits per heavy atom. The number of hydrogen-bond donors (Lipinski definition) is 0. The molecular weight excluding hydrogens is 475 g/mol. The van der Waals surface area contributed by atoms with Crippen molar-refractivity contribution < 1.29 is 13.2 Å². The highest BCUT2D eigenvalue weighted by atomic mass is 19.4. The molecule has 0 saturated heterocycles. The van der Waals surface area contributed by atoms with E-state index in [-0.39, 0.29) is 0 Å². The minimum absolute atomic E-state index is 0.420. The summed E-state index contributed by atoms with van der Waals surface area (Å²) in [5.74, 6) is 0.523. The van der Waals surface area contributed by atoms with E-state index in [0.717, 1.165) is 30.0 Å². The van der Waals surface area contributed by atoms with Gasteiger partial charge in [0.05, 0.1) is 17.1 Å². The second-order valence-corrected chi connectivity index (χ2v) is 9.83. The lowest BCUT2D eigenvalue weighted by atomic mass is 9.97. The van der Waals surface area contributed by atoms with Crippen LogP contribution >= 0.6 is 0 Å². The number of hydrogen-bond acceptors (Lipinski definition) is 4. The van der Waals surface area contributed by atoms with Crippen molar-refractivity contribution in [2.75, 3.05) is 6.54 Å². The summed E-state index contributed by atoms with van der Waals surface area (Å²) in [7, 11) is 0. The molecule has 0 aliphatic carbocycles. The van der Waals surface area contributed by atoms with Gasteiger partial charge in [0.15, 0.2) is 5.82 Å². The fourth-order valence-electron chi connectivity index (χ4n) is 4.39. The Kier molecular flexibility index (Phi) is 8.07. The Labute approximate surface area is 215 Å². The molecular formula is C29H32F3N5. The third-order valence-corrected chi connectivity index (χ3v) is 6.83. The Morgan fingerprint density at radius 3 is 2.14 bits per heavy atom. The third kappa shape index (κ3) is 6.43. The molecule has 194 valence electrons. The van der Waals surface area contributed by atoms with Gasteiger partial charge in [-0.1, -0.05) is 79.7 Å². The maximum atomic E-state index is 13.8. The van der Waals surface area contributed by atoms with Gasteiger partial charge in [-0.15, -0.1) is 5.10 Å². The summed E-state index contributed by atoms with van der Waals surface area (Å²) in [6, 6.07) is 24.9. The van der Waals surface area contributed by atoms with Crippen LogP contribution < -0.4 is 0 Å². The smallest absolute Gasteiger partial charge is 0.285 e. The molecule has 0 saturated carbocycles. The standard InChI is InChI=1S/C29H32F3N5/c1-4-28(2,3)37-27(33-34-35-37)26(24-16-11-17-25(20-24)29(30,31)32)36(21-23-14-9-6-10-15-23)19-18-22-12-7-5-8-13-22/h5-17,20,26H,4,18-19,21H2,1-3H3. The van der Waals surface area contributed by atoms with E-state index in [1.54, 1.807) is 10.7 Å². The maximum Gasteiger partial charge on any atom is 0.416 e. The number of benzene rings is 3. The molecule has 0 N–H and O–H groups in total. The molecule has 0 radical (unpaired) electrons. The highest BCUT2D eigenvalue weighted by Crippen LogP contribution is 2.36. The van der Waals surface area contributed by atoms with Crippen molar-refractivity contribution in [1.82, 2.24) is 25.1 Å². The first-order valence-corrected chi connectivity index (χ1v) is 12.5. The van der Waals surface area contributed by atoms with Crippen molar-refractivity contribution in [3.05, 3.63) is 113 Å². The van der Waals surface area contributed by atoms with Crippen LogP contribution in [0.1, 0.15) is 61.3 Å². The summed E-state index contributed by atoms with van der Waals surface area (Å²) in [6.07, 6.45) is -2.98. The first-order chi connectivity index (χ1) is 17.7. The van der Waals surface area contributed by atoms with Gasteiger partial charge in [-0.05, 0) is 65.9 Å². The van der Waals surface area contributed by atoms with E-state index in [4.69, 9.17) is 0 Å². The molecule has 0 spiro atoms. The minimum atomic E-state index is -4.45. The molecule has 1 heterocycles. The van der Waals surface area contributed by atoms with E-state index in [9.17, 15) is 13.2 Å². The van der Waals surface area contributed by atoms with E-state index in [1.165, 1.54) is 12.1 Å². The van der Waals surface area contributed by atoms with Gasteiger partial charge in [0, 0.05) is 13.1 Å². The van der Waals surface area contributed by atoms with Crippen molar-refractivity contribution in [2.24, 2.45) is 0 Å². The number of nitrogens with zero attached hydrogens (tertiary/aromatic N) is 5. The van der Waals surface area contributed by atoms with Crippen LogP contribution in [0, 0.1) is 0 Å². The predicted octanol–water partition coefficient (Wildman–Crippen LogP) is 6.67. The maximum absolute atomic E-state index is 13.8. The predicted molar refractivity (Wildman–Crippen MR) is 138 cm³/mol. The topological polar surface area (TPSA) is 46.8 Å². The average molecular weight is 508 g/mol. The molecule has 0 amide bonds. The number of tetrazole rings is 1. The lowest BCUT2D eigenvalue weighted by Gasteiger charge is -2.34. The SMILES string of the molecule is CCC(C)(C)n1nnnc1C(c1cccc(C(F)(F)F)c1)N(CCc1ccccc1)Cc1ccccc1. The highest BCUT2D eigenvalue weighted by molar-refractivity contribution is 5.32. The van der Waals surface area contributed by atoms with Crippen LogP contribution in [0.15, 0.2) is 84.9 Å². The molecule has 4 rings (SSSR count). The summed E-state index contributed by atoms with van der Waals surface area (Å²) >= 11 is 0. The quantitative estimate of drug-likeness (QED) is 0.241. The van der Waals surface area contributed by atoms with Gasteiger partial charge in [0.2, 0.25) is 0 Å². The fraction of sp³-hybridized carbons (Fsp3) is 0.345. The normalized spacial score (nSPS) is 13.2. The zero-order valence-corrected chi connectivity index (χ0v) is 21.4. The molecule has 1 unspecified atom stereocenters. The summed E-state index contributed by atoms with van der Waals surface area (Å²) in [4.78, 5) is 2.17. The molecule has 8 heteroatoms. The van der Waals surface area contributed by atoms with E-state index < -0.39 is 23.3 Å². The molecule has 0 aliphatic rings. The summed E-state index contributed by atoms with van der Waals surface area (Å²) in [5.41, 5.74) is 1.60. The number of alkyl halides is 3. The number of rotatable bonds is 10. The molecule has 5 nitrogen and oxygen atoms in total. The van der Waals surface area contributed by atoms with E-state index in [0.29, 0.717) is 24.5 Å². The fourth-order valence-corrected chi connectivity index (χ4v) is 4.39. The zero-order chi connectivity index (χ0) is 26.5. The van der Waals surface area contributed by atoms with Crippen LogP contribution in [-0.4, -0.2) is 31.7 Å². The van der Waals surface area contributed by atoms with Crippen molar-refractivity contribution in [2.45, 2.75) is 57.9 Å². The second kappa shape index (κ2) is 11.3. The van der Waals surface area contributed by atoms with E-state index in [2.05, 4.69) is 32.6 Å². The monoisotopic (exact) mass is 507 g/mol. The molecule has 37 heavy (non-hydrogen) atoms. The first-order valence-electron chi connectivity index (χ1n) is 12.5. The molecule has 1 atom stereocenters. The van der Waals surface area contributed by atoms with Gasteiger partial charge in [0.1, 0.15) is 0 Å². The summed E-state index contributed by atoms with van der Waals surface area (Å²) in [6.45, 7) is 7.22. The van der Waals surface area contributed by atoms with Gasteiger partial charge < -0.3 is 0 Å². The van der Waals surface area contributed by atoms with E-state index in [1.807, 2.05) is 69.3 Å². The van der Waals surface area contributed by atoms with Crippen LogP contribution in [0.5, 0.6) is 0 Å². The van der Waals surface area contributed by atoms with Crippen LogP contribution in [-0.2, 0) is 24.7 Å². The zero-order valence-electron chi connectivity index (χ0n) is 21.4. The van der Waals surface area contributed by atoms with Crippen molar-refractivity contribution in [3.8, 4) is 0 Å². The average Bonchev–Trinajstić information content (AvgIpc) is 3.39. The van der Waals surface area contributed by atoms with Crippen LogP contribution in [0.2, 0.25) is 0 Å². The van der Waals surface area contributed by atoms with Gasteiger partial charge in [-0.3, -0.25) is 4.90 Å². The number of aromatic nitrogens is 4.